The summed E-state index contributed by atoms with van der Waals surface area (Å²) in [4.78, 5) is 4.41. The molecule has 5 aromatic carbocycles. The highest BCUT2D eigenvalue weighted by Crippen LogP contribution is 2.33. The van der Waals surface area contributed by atoms with Crippen molar-refractivity contribution in [1.29, 1.82) is 0 Å². The first-order valence-electron chi connectivity index (χ1n) is 15.6. The summed E-state index contributed by atoms with van der Waals surface area (Å²) in [5, 5.41) is 1.10. The molecule has 44 heavy (non-hydrogen) atoms. The summed E-state index contributed by atoms with van der Waals surface area (Å²) in [6, 6.07) is 51.5. The van der Waals surface area contributed by atoms with Crippen LogP contribution in [0.5, 0.6) is 5.75 Å². The standard InChI is InChI=1S/C26H28N2OSi.C13H13B/c1-2-3-19-29-24-15-10-16-25(20-24)30-26(28-18-17-27-21-28,22-11-6-4-7-12-22)23-13-8-5-9-14-23;14-13(11-7-3-1-4-8-11)12-9-5-2-6-10-12/h4-18,20-21H,2-3,19,30H2,1H3;1-10,13H,14H2. The second-order valence-corrected chi connectivity index (χ2v) is 13.3. The first-order valence-corrected chi connectivity index (χ1v) is 17.0. The van der Waals surface area contributed by atoms with Gasteiger partial charge in [0.1, 0.15) is 13.6 Å². The molecule has 220 valence electrons. The first kappa shape index (κ1) is 30.8. The fourth-order valence-corrected chi connectivity index (χ4v) is 8.12. The molecule has 0 unspecified atom stereocenters. The SMILES string of the molecule is BC(c1ccccc1)c1ccccc1.CCCCOc1cccc([SiH2]C(c2ccccc2)(c2ccccc2)n2ccnc2)c1. The normalized spacial score (nSPS) is 11.3. The fraction of sp³-hybridized carbons (Fsp3) is 0.154. The van der Waals surface area contributed by atoms with Gasteiger partial charge in [-0.15, -0.1) is 0 Å². The predicted molar refractivity (Wildman–Crippen MR) is 190 cm³/mol. The van der Waals surface area contributed by atoms with Crippen molar-refractivity contribution >= 4 is 22.6 Å². The van der Waals surface area contributed by atoms with Crippen LogP contribution in [0.25, 0.3) is 0 Å². The van der Waals surface area contributed by atoms with Gasteiger partial charge in [-0.3, -0.25) is 0 Å². The summed E-state index contributed by atoms with van der Waals surface area (Å²) in [7, 11) is 1.36. The van der Waals surface area contributed by atoms with E-state index in [9.17, 15) is 0 Å². The van der Waals surface area contributed by atoms with Crippen molar-refractivity contribution in [3.63, 3.8) is 0 Å². The van der Waals surface area contributed by atoms with Crippen LogP contribution in [0, 0.1) is 0 Å². The van der Waals surface area contributed by atoms with Gasteiger partial charge in [0.25, 0.3) is 0 Å². The third-order valence-corrected chi connectivity index (χ3v) is 10.7. The van der Waals surface area contributed by atoms with Crippen LogP contribution in [0.15, 0.2) is 164 Å². The number of aromatic nitrogens is 2. The van der Waals surface area contributed by atoms with E-state index in [1.54, 1.807) is 0 Å². The Kier molecular flexibility index (Phi) is 11.0. The minimum Gasteiger partial charge on any atom is -0.494 e. The molecule has 0 radical (unpaired) electrons. The Morgan fingerprint density at radius 2 is 1.27 bits per heavy atom. The third kappa shape index (κ3) is 7.66. The van der Waals surface area contributed by atoms with Gasteiger partial charge in [-0.25, -0.2) is 4.98 Å². The fourth-order valence-electron chi connectivity index (χ4n) is 5.72. The molecule has 0 fully saturated rings. The van der Waals surface area contributed by atoms with E-state index < -0.39 is 9.52 Å². The second-order valence-electron chi connectivity index (χ2n) is 11.1. The van der Waals surface area contributed by atoms with E-state index in [2.05, 4.69) is 176 Å². The average Bonchev–Trinajstić information content (AvgIpc) is 3.65. The largest absolute Gasteiger partial charge is 0.494 e. The van der Waals surface area contributed by atoms with E-state index in [1.807, 2.05) is 12.5 Å². The van der Waals surface area contributed by atoms with Gasteiger partial charge < -0.3 is 9.30 Å². The molecule has 1 heterocycles. The van der Waals surface area contributed by atoms with E-state index in [-0.39, 0.29) is 5.16 Å². The number of hydrogen-bond acceptors (Lipinski definition) is 2. The van der Waals surface area contributed by atoms with Gasteiger partial charge in [0, 0.05) is 12.4 Å². The number of nitrogens with zero attached hydrogens (tertiary/aromatic N) is 2. The maximum Gasteiger partial charge on any atom is 0.119 e. The number of imidazole rings is 1. The molecule has 0 amide bonds. The summed E-state index contributed by atoms with van der Waals surface area (Å²) in [6.45, 7) is 2.96. The van der Waals surface area contributed by atoms with Gasteiger partial charge in [-0.1, -0.05) is 152 Å². The maximum absolute atomic E-state index is 6.01. The van der Waals surface area contributed by atoms with Gasteiger partial charge in [0.2, 0.25) is 0 Å². The van der Waals surface area contributed by atoms with Crippen LogP contribution in [0.3, 0.4) is 0 Å². The molecule has 5 heteroatoms. The quantitative estimate of drug-likeness (QED) is 0.124. The van der Waals surface area contributed by atoms with Gasteiger partial charge >= 0.3 is 0 Å². The second kappa shape index (κ2) is 15.7. The highest BCUT2D eigenvalue weighted by Gasteiger charge is 2.36. The van der Waals surface area contributed by atoms with E-state index in [1.165, 1.54) is 27.4 Å². The van der Waals surface area contributed by atoms with Crippen molar-refractivity contribution in [2.45, 2.75) is 30.7 Å². The van der Waals surface area contributed by atoms with Gasteiger partial charge in [-0.05, 0) is 46.6 Å². The lowest BCUT2D eigenvalue weighted by molar-refractivity contribution is 0.309. The smallest absolute Gasteiger partial charge is 0.119 e. The summed E-state index contributed by atoms with van der Waals surface area (Å²) >= 11 is 0. The Bertz CT molecular complexity index is 1570. The lowest BCUT2D eigenvalue weighted by Crippen LogP contribution is -2.46. The molecule has 0 atom stereocenters. The Hall–Kier alpha value is -4.61. The first-order chi connectivity index (χ1) is 21.7. The van der Waals surface area contributed by atoms with E-state index in [4.69, 9.17) is 4.74 Å². The van der Waals surface area contributed by atoms with Crippen molar-refractivity contribution in [2.24, 2.45) is 0 Å². The van der Waals surface area contributed by atoms with Crippen LogP contribution < -0.4 is 9.92 Å². The number of ether oxygens (including phenoxy) is 1. The number of hydrogen-bond donors (Lipinski definition) is 0. The molecule has 0 saturated carbocycles. The molecule has 1 aromatic heterocycles. The van der Waals surface area contributed by atoms with Crippen molar-refractivity contribution in [3.05, 3.63) is 187 Å². The van der Waals surface area contributed by atoms with Gasteiger partial charge in [-0.2, -0.15) is 0 Å². The number of benzene rings is 5. The zero-order valence-electron chi connectivity index (χ0n) is 25.8. The van der Waals surface area contributed by atoms with Crippen LogP contribution >= 0.6 is 0 Å². The zero-order chi connectivity index (χ0) is 30.5. The predicted octanol–water partition coefficient (Wildman–Crippen LogP) is 6.71. The lowest BCUT2D eigenvalue weighted by atomic mass is 9.76. The Morgan fingerprint density at radius 1 is 0.727 bits per heavy atom. The zero-order valence-corrected chi connectivity index (χ0v) is 27.2. The van der Waals surface area contributed by atoms with Crippen LogP contribution in [0.2, 0.25) is 0 Å². The van der Waals surface area contributed by atoms with Gasteiger partial charge in [0.15, 0.2) is 0 Å². The molecule has 6 rings (SSSR count). The van der Waals surface area contributed by atoms with E-state index >= 15 is 0 Å². The molecular formula is C39H41BN2OSi. The monoisotopic (exact) mass is 592 g/mol. The van der Waals surface area contributed by atoms with Crippen molar-refractivity contribution in [2.75, 3.05) is 6.61 Å². The minimum absolute atomic E-state index is 0.263. The molecule has 3 nitrogen and oxygen atoms in total. The average molecular weight is 593 g/mol. The highest BCUT2D eigenvalue weighted by molar-refractivity contribution is 6.57. The molecular weight excluding hydrogens is 551 g/mol. The molecule has 0 saturated heterocycles. The lowest BCUT2D eigenvalue weighted by Gasteiger charge is -2.37. The van der Waals surface area contributed by atoms with Crippen LogP contribution in [0.4, 0.5) is 0 Å². The van der Waals surface area contributed by atoms with Crippen molar-refractivity contribution < 1.29 is 4.74 Å². The molecule has 0 aliphatic carbocycles. The van der Waals surface area contributed by atoms with E-state index in [0.717, 1.165) is 25.2 Å². The van der Waals surface area contributed by atoms with Crippen LogP contribution in [0.1, 0.15) is 47.8 Å². The molecule has 6 aromatic rings. The molecule has 0 aliphatic rings. The molecule has 0 spiro atoms. The minimum atomic E-state index is -0.877. The number of rotatable bonds is 11. The Labute approximate surface area is 265 Å². The summed E-state index contributed by atoms with van der Waals surface area (Å²) in [5.41, 5.74) is 5.33. The third-order valence-electron chi connectivity index (χ3n) is 8.17. The van der Waals surface area contributed by atoms with E-state index in [0.29, 0.717) is 5.82 Å². The van der Waals surface area contributed by atoms with Gasteiger partial charge in [0.05, 0.1) is 27.6 Å². The van der Waals surface area contributed by atoms with Crippen LogP contribution in [-0.2, 0) is 5.16 Å². The highest BCUT2D eigenvalue weighted by atomic mass is 28.2. The topological polar surface area (TPSA) is 27.1 Å². The van der Waals surface area contributed by atoms with Crippen molar-refractivity contribution in [3.8, 4) is 5.75 Å². The summed E-state index contributed by atoms with van der Waals surface area (Å²) in [5.74, 6) is 1.45. The van der Waals surface area contributed by atoms with Crippen LogP contribution in [-0.4, -0.2) is 33.5 Å². The summed E-state index contributed by atoms with van der Waals surface area (Å²) < 4.78 is 8.29. The Morgan fingerprint density at radius 3 is 1.77 bits per heavy atom. The summed E-state index contributed by atoms with van der Waals surface area (Å²) in [6.07, 6.45) is 8.14. The maximum atomic E-state index is 6.01. The Balaban J connectivity index is 0.000000229. The molecule has 0 bridgehead atoms. The molecule has 0 N–H and O–H groups in total. The number of unbranched alkanes of at least 4 members (excludes halogenated alkanes) is 1. The molecule has 0 aliphatic heterocycles. The van der Waals surface area contributed by atoms with Crippen molar-refractivity contribution in [1.82, 2.24) is 9.55 Å².